The van der Waals surface area contributed by atoms with Crippen LogP contribution in [-0.4, -0.2) is 227 Å². The van der Waals surface area contributed by atoms with Crippen LogP contribution in [0.1, 0.15) is 156 Å². The number of carbonyl (C=O) groups excluding carboxylic acids is 11. The SMILES string of the molecule is C/C=C/C[C@@H](C)[C@@H](O)C1C(=O)NC(CC)C(=O)N(C)CC(=O)N(C)[C@@H](CC(C)C)C(=O)NC(C(C)C)C(=O)N(C)C(CC(C)C)C(=O)NC(C)C(=O)NC(C)C(=O)N(C)C(CC(C)C)C(=O)N(C)C(CC(C)C)C(=O)N(C)C(C(C)C)C(=O)N1C. The second-order valence-corrected chi connectivity index (χ2v) is 26.1. The van der Waals surface area contributed by atoms with Gasteiger partial charge in [-0.2, -0.15) is 0 Å². The minimum atomic E-state index is -1.61. The summed E-state index contributed by atoms with van der Waals surface area (Å²) in [5.74, 6) is -9.71. The quantitative estimate of drug-likeness (QED) is 0.148. The highest BCUT2D eigenvalue weighted by Crippen LogP contribution is 2.26. The lowest BCUT2D eigenvalue weighted by Crippen LogP contribution is -2.63. The van der Waals surface area contributed by atoms with Gasteiger partial charge in [-0.3, -0.25) is 52.7 Å². The smallest absolute Gasteiger partial charge is 0.246 e. The molecule has 0 spiro atoms. The molecule has 0 aliphatic carbocycles. The van der Waals surface area contributed by atoms with E-state index in [4.69, 9.17) is 0 Å². The first-order valence-corrected chi connectivity index (χ1v) is 30.6. The van der Waals surface area contributed by atoms with Crippen molar-refractivity contribution in [3.05, 3.63) is 12.2 Å². The molecule has 1 aliphatic rings. The van der Waals surface area contributed by atoms with Crippen molar-refractivity contribution in [2.24, 2.45) is 41.4 Å². The predicted octanol–water partition coefficient (Wildman–Crippen LogP) is 3.27. The van der Waals surface area contributed by atoms with Crippen molar-refractivity contribution in [1.29, 1.82) is 0 Å². The summed E-state index contributed by atoms with van der Waals surface area (Å²) in [7, 11) is 9.92. The fourth-order valence-corrected chi connectivity index (χ4v) is 10.7. The highest BCUT2D eigenvalue weighted by molar-refractivity contribution is 5.99. The fourth-order valence-electron chi connectivity index (χ4n) is 10.7. The first-order valence-electron chi connectivity index (χ1n) is 30.6. The highest BCUT2D eigenvalue weighted by atomic mass is 16.3. The number of likely N-dealkylation sites (N-methyl/N-ethyl adjacent to an activating group) is 7. The van der Waals surface area contributed by atoms with Crippen molar-refractivity contribution in [2.75, 3.05) is 55.9 Å². The van der Waals surface area contributed by atoms with Gasteiger partial charge in [-0.25, -0.2) is 0 Å². The number of nitrogens with one attached hydrogen (secondary N) is 4. The van der Waals surface area contributed by atoms with Gasteiger partial charge in [-0.1, -0.05) is 109 Å². The third-order valence-electron chi connectivity index (χ3n) is 16.1. The molecule has 11 amide bonds. The van der Waals surface area contributed by atoms with E-state index in [0.29, 0.717) is 6.42 Å². The van der Waals surface area contributed by atoms with Crippen LogP contribution in [-0.2, 0) is 52.7 Å². The maximum atomic E-state index is 15.1. The minimum absolute atomic E-state index is 0.0229. The average molecular weight is 1200 g/mol. The van der Waals surface area contributed by atoms with Gasteiger partial charge < -0.3 is 60.7 Å². The summed E-state index contributed by atoms with van der Waals surface area (Å²) in [4.78, 5) is 169. The number of rotatable bonds is 15. The average Bonchev–Trinajstić information content (AvgIpc) is 3.62. The monoisotopic (exact) mass is 1200 g/mol. The van der Waals surface area contributed by atoms with E-state index in [2.05, 4.69) is 21.3 Å². The van der Waals surface area contributed by atoms with Gasteiger partial charge in [0.05, 0.1) is 12.6 Å². The van der Waals surface area contributed by atoms with Crippen LogP contribution in [0.4, 0.5) is 0 Å². The number of nitrogens with zero attached hydrogens (tertiary/aromatic N) is 7. The van der Waals surface area contributed by atoms with Gasteiger partial charge in [0.15, 0.2) is 0 Å². The standard InChI is InChI=1S/C62H111N11O12/c1-25-27-28-40(15)52(75)51-56(79)65-43(26-2)58(81)67(18)33-48(74)68(19)44(29-34(3)4)55(78)66-49(38(11)12)61(84)69(20)45(30-35(5)6)54(77)63-41(16)53(76)64-42(17)57(80)70(21)46(31-36(7)8)59(82)71(22)47(32-37(9)10)60(83)72(23)50(39(13)14)62(85)73(51)24/h25,27,34-47,49-52,75H,26,28-33H2,1-24H3,(H,63,77)(H,64,76)(H,65,79)(H,66,78)/b27-25+/t40-,41?,42?,43?,44+,45?,46?,47?,49?,50?,51?,52-/m1/s1. The third-order valence-corrected chi connectivity index (χ3v) is 16.1. The summed E-state index contributed by atoms with van der Waals surface area (Å²) in [6.45, 7) is 29.3. The summed E-state index contributed by atoms with van der Waals surface area (Å²) in [6, 6.07) is -12.3. The van der Waals surface area contributed by atoms with E-state index in [9.17, 15) is 48.3 Å². The lowest BCUT2D eigenvalue weighted by atomic mass is 9.91. The molecule has 1 aliphatic heterocycles. The molecule has 0 aromatic heterocycles. The summed E-state index contributed by atoms with van der Waals surface area (Å²) < 4.78 is 0. The molecular formula is C62H111N11O12. The molecule has 486 valence electrons. The number of hydrogen-bond acceptors (Lipinski definition) is 12. The van der Waals surface area contributed by atoms with Gasteiger partial charge in [0.25, 0.3) is 0 Å². The van der Waals surface area contributed by atoms with Crippen LogP contribution >= 0.6 is 0 Å². The van der Waals surface area contributed by atoms with Gasteiger partial charge in [0.1, 0.15) is 60.4 Å². The van der Waals surface area contributed by atoms with Gasteiger partial charge in [-0.15, -0.1) is 0 Å². The van der Waals surface area contributed by atoms with E-state index < -0.39 is 156 Å². The third kappa shape index (κ3) is 21.7. The Kier molecular flexibility index (Phi) is 31.5. The van der Waals surface area contributed by atoms with Gasteiger partial charge >= 0.3 is 0 Å². The second-order valence-electron chi connectivity index (χ2n) is 26.1. The molecule has 9 unspecified atom stereocenters. The maximum Gasteiger partial charge on any atom is 0.246 e. The normalized spacial score (nSPS) is 26.9. The minimum Gasteiger partial charge on any atom is -0.390 e. The zero-order valence-electron chi connectivity index (χ0n) is 56.1. The van der Waals surface area contributed by atoms with Crippen LogP contribution in [0.5, 0.6) is 0 Å². The Labute approximate surface area is 508 Å². The fraction of sp³-hybridized carbons (Fsp3) is 0.790. The lowest BCUT2D eigenvalue weighted by molar-refractivity contribution is -0.157. The Morgan fingerprint density at radius 3 is 1.32 bits per heavy atom. The molecule has 0 saturated carbocycles. The first kappa shape index (κ1) is 76.9. The van der Waals surface area contributed by atoms with Crippen molar-refractivity contribution in [3.8, 4) is 0 Å². The van der Waals surface area contributed by atoms with E-state index in [1.54, 1.807) is 54.5 Å². The molecule has 5 N–H and O–H groups in total. The molecule has 0 radical (unpaired) electrons. The van der Waals surface area contributed by atoms with Crippen molar-refractivity contribution in [1.82, 2.24) is 55.6 Å². The van der Waals surface area contributed by atoms with Crippen LogP contribution in [0.3, 0.4) is 0 Å². The molecule has 0 bridgehead atoms. The molecule has 85 heavy (non-hydrogen) atoms. The molecule has 23 heteroatoms. The van der Waals surface area contributed by atoms with E-state index in [1.165, 1.54) is 87.7 Å². The zero-order chi connectivity index (χ0) is 66.0. The summed E-state index contributed by atoms with van der Waals surface area (Å²) >= 11 is 0. The molecule has 1 heterocycles. The molecule has 0 aromatic carbocycles. The molecular weight excluding hydrogens is 1090 g/mol. The van der Waals surface area contributed by atoms with Crippen molar-refractivity contribution < 1.29 is 57.8 Å². The number of aliphatic hydroxyl groups excluding tert-OH is 1. The zero-order valence-corrected chi connectivity index (χ0v) is 56.1. The van der Waals surface area contributed by atoms with Crippen LogP contribution in [0, 0.1) is 41.4 Å². The largest absolute Gasteiger partial charge is 0.390 e. The van der Waals surface area contributed by atoms with Gasteiger partial charge in [0.2, 0.25) is 65.0 Å². The molecule has 0 aromatic rings. The Bertz CT molecular complexity index is 2330. The van der Waals surface area contributed by atoms with E-state index in [0.717, 1.165) is 9.80 Å². The second kappa shape index (κ2) is 34.9. The van der Waals surface area contributed by atoms with Gasteiger partial charge in [0, 0.05) is 49.3 Å². The Hall–Kier alpha value is -6.13. The summed E-state index contributed by atoms with van der Waals surface area (Å²) in [5.41, 5.74) is 0. The van der Waals surface area contributed by atoms with Crippen LogP contribution in [0.2, 0.25) is 0 Å². The van der Waals surface area contributed by atoms with E-state index in [-0.39, 0.29) is 55.8 Å². The molecule has 1 saturated heterocycles. The summed E-state index contributed by atoms with van der Waals surface area (Å²) in [5, 5.41) is 23.1. The van der Waals surface area contributed by atoms with Crippen molar-refractivity contribution in [3.63, 3.8) is 0 Å². The Balaban J connectivity index is 4.32. The van der Waals surface area contributed by atoms with Crippen LogP contribution in [0.15, 0.2) is 12.2 Å². The van der Waals surface area contributed by atoms with Gasteiger partial charge in [-0.05, 0) is 101 Å². The Morgan fingerprint density at radius 2 is 0.871 bits per heavy atom. The number of allylic oxidation sites excluding steroid dienone is 2. The number of aliphatic hydroxyl groups is 1. The van der Waals surface area contributed by atoms with E-state index >= 15 is 9.59 Å². The number of hydrogen-bond donors (Lipinski definition) is 5. The molecule has 1 rings (SSSR count). The first-order chi connectivity index (χ1) is 39.2. The van der Waals surface area contributed by atoms with Crippen LogP contribution in [0.25, 0.3) is 0 Å². The molecule has 23 nitrogen and oxygen atoms in total. The highest BCUT2D eigenvalue weighted by Gasteiger charge is 2.45. The molecule has 1 fully saturated rings. The van der Waals surface area contributed by atoms with E-state index in [1.807, 2.05) is 61.5 Å². The predicted molar refractivity (Wildman–Crippen MR) is 328 cm³/mol. The number of amides is 11. The Morgan fingerprint density at radius 1 is 0.459 bits per heavy atom. The summed E-state index contributed by atoms with van der Waals surface area (Å²) in [6.07, 6.45) is 3.04. The van der Waals surface area contributed by atoms with Crippen molar-refractivity contribution >= 4 is 65.0 Å². The maximum absolute atomic E-state index is 15.1. The molecule has 12 atom stereocenters. The van der Waals surface area contributed by atoms with Crippen LogP contribution < -0.4 is 21.3 Å². The van der Waals surface area contributed by atoms with Crippen molar-refractivity contribution in [2.45, 2.75) is 223 Å². The topological polar surface area (TPSA) is 279 Å². The lowest BCUT2D eigenvalue weighted by Gasteiger charge is -2.41. The number of carbonyl (C=O) groups is 11.